The van der Waals surface area contributed by atoms with Gasteiger partial charge in [0, 0.05) is 31.4 Å². The Labute approximate surface area is 127 Å². The summed E-state index contributed by atoms with van der Waals surface area (Å²) >= 11 is 0. The molecular formula is C17H27FN2O. The highest BCUT2D eigenvalue weighted by Crippen LogP contribution is 2.32. The molecule has 1 aliphatic carbocycles. The van der Waals surface area contributed by atoms with Gasteiger partial charge in [-0.15, -0.1) is 0 Å². The topological polar surface area (TPSA) is 35.5 Å². The molecule has 1 aromatic carbocycles. The quantitative estimate of drug-likeness (QED) is 0.687. The van der Waals surface area contributed by atoms with Gasteiger partial charge < -0.3 is 15.3 Å². The summed E-state index contributed by atoms with van der Waals surface area (Å²) in [6.45, 7) is 4.81. The molecule has 0 unspecified atom stereocenters. The van der Waals surface area contributed by atoms with Crippen LogP contribution in [0.1, 0.15) is 44.6 Å². The maximum absolute atomic E-state index is 13.6. The Morgan fingerprint density at radius 3 is 2.81 bits per heavy atom. The zero-order valence-corrected chi connectivity index (χ0v) is 12.9. The third-order valence-corrected chi connectivity index (χ3v) is 4.17. The van der Waals surface area contributed by atoms with Crippen molar-refractivity contribution in [2.45, 2.75) is 51.6 Å². The third kappa shape index (κ3) is 4.42. The number of hydrogen-bond acceptors (Lipinski definition) is 3. The zero-order valence-electron chi connectivity index (χ0n) is 12.9. The number of aliphatic hydroxyl groups is 1. The number of nitrogens with one attached hydrogen (secondary N) is 1. The Morgan fingerprint density at radius 2 is 2.19 bits per heavy atom. The van der Waals surface area contributed by atoms with Gasteiger partial charge in [-0.2, -0.15) is 0 Å². The molecule has 0 radical (unpaired) electrons. The molecule has 2 N–H and O–H groups in total. The van der Waals surface area contributed by atoms with Crippen LogP contribution in [0.4, 0.5) is 10.1 Å². The van der Waals surface area contributed by atoms with Crippen molar-refractivity contribution in [1.29, 1.82) is 0 Å². The van der Waals surface area contributed by atoms with Gasteiger partial charge in [0.1, 0.15) is 5.82 Å². The summed E-state index contributed by atoms with van der Waals surface area (Å²) in [6, 6.07) is 5.63. The molecule has 4 heteroatoms. The van der Waals surface area contributed by atoms with Crippen LogP contribution in [0.2, 0.25) is 0 Å². The van der Waals surface area contributed by atoms with E-state index in [0.29, 0.717) is 12.6 Å². The molecule has 118 valence electrons. The fourth-order valence-corrected chi connectivity index (χ4v) is 2.81. The fourth-order valence-electron chi connectivity index (χ4n) is 2.81. The zero-order chi connectivity index (χ0) is 15.1. The Bertz CT molecular complexity index is 435. The molecule has 3 nitrogen and oxygen atoms in total. The lowest BCUT2D eigenvalue weighted by Gasteiger charge is -2.40. The summed E-state index contributed by atoms with van der Waals surface area (Å²) in [5.74, 6) is -0.178. The molecule has 0 amide bonds. The first kappa shape index (κ1) is 16.2. The van der Waals surface area contributed by atoms with E-state index in [2.05, 4.69) is 17.1 Å². The molecule has 0 heterocycles. The van der Waals surface area contributed by atoms with Crippen molar-refractivity contribution in [3.63, 3.8) is 0 Å². The van der Waals surface area contributed by atoms with E-state index in [1.54, 1.807) is 12.1 Å². The average Bonchev–Trinajstić information content (AvgIpc) is 2.42. The van der Waals surface area contributed by atoms with Gasteiger partial charge in [0.15, 0.2) is 0 Å². The Kier molecular flexibility index (Phi) is 6.46. The van der Waals surface area contributed by atoms with Gasteiger partial charge >= 0.3 is 0 Å². The monoisotopic (exact) mass is 294 g/mol. The Morgan fingerprint density at radius 1 is 1.38 bits per heavy atom. The first-order valence-electron chi connectivity index (χ1n) is 8.13. The van der Waals surface area contributed by atoms with E-state index < -0.39 is 0 Å². The van der Waals surface area contributed by atoms with Crippen LogP contribution in [-0.2, 0) is 6.54 Å². The van der Waals surface area contributed by atoms with Crippen LogP contribution in [0, 0.1) is 5.82 Å². The molecule has 1 aliphatic rings. The third-order valence-electron chi connectivity index (χ3n) is 4.17. The Balaban J connectivity index is 2.16. The van der Waals surface area contributed by atoms with Crippen molar-refractivity contribution < 1.29 is 9.50 Å². The number of halogens is 1. The number of aliphatic hydroxyl groups excluding tert-OH is 1. The normalized spacial score (nSPS) is 15.0. The van der Waals surface area contributed by atoms with Crippen molar-refractivity contribution in [3.8, 4) is 0 Å². The lowest BCUT2D eigenvalue weighted by atomic mass is 9.90. The van der Waals surface area contributed by atoms with E-state index in [9.17, 15) is 4.39 Å². The van der Waals surface area contributed by atoms with E-state index >= 15 is 0 Å². The van der Waals surface area contributed by atoms with E-state index in [1.807, 2.05) is 6.07 Å². The van der Waals surface area contributed by atoms with Gasteiger partial charge in [-0.05, 0) is 62.4 Å². The summed E-state index contributed by atoms with van der Waals surface area (Å²) < 4.78 is 13.6. The van der Waals surface area contributed by atoms with Crippen molar-refractivity contribution in [1.82, 2.24) is 5.32 Å². The fraction of sp³-hybridized carbons (Fsp3) is 0.647. The molecule has 1 saturated carbocycles. The van der Waals surface area contributed by atoms with E-state index in [-0.39, 0.29) is 12.4 Å². The SMILES string of the molecule is CCCNCc1cc(F)ccc1N(CCCO)C1CCC1. The highest BCUT2D eigenvalue weighted by molar-refractivity contribution is 5.55. The molecule has 1 fully saturated rings. The predicted octanol–water partition coefficient (Wildman–Crippen LogP) is 3.07. The minimum Gasteiger partial charge on any atom is -0.396 e. The van der Waals surface area contributed by atoms with Gasteiger partial charge in [-0.3, -0.25) is 0 Å². The summed E-state index contributed by atoms with van der Waals surface area (Å²) in [6.07, 6.45) is 5.50. The molecule has 0 aliphatic heterocycles. The van der Waals surface area contributed by atoms with Crippen LogP contribution >= 0.6 is 0 Å². The van der Waals surface area contributed by atoms with Crippen LogP contribution < -0.4 is 10.2 Å². The molecule has 0 bridgehead atoms. The first-order valence-corrected chi connectivity index (χ1v) is 8.13. The number of rotatable bonds is 9. The summed E-state index contributed by atoms with van der Waals surface area (Å²) in [7, 11) is 0. The smallest absolute Gasteiger partial charge is 0.123 e. The Hall–Kier alpha value is -1.13. The minimum absolute atomic E-state index is 0.178. The second-order valence-electron chi connectivity index (χ2n) is 5.81. The van der Waals surface area contributed by atoms with Crippen LogP contribution in [0.3, 0.4) is 0 Å². The van der Waals surface area contributed by atoms with E-state index in [1.165, 1.54) is 19.3 Å². The van der Waals surface area contributed by atoms with Crippen molar-refractivity contribution in [3.05, 3.63) is 29.6 Å². The van der Waals surface area contributed by atoms with Crippen LogP contribution in [-0.4, -0.2) is 30.8 Å². The highest BCUT2D eigenvalue weighted by Gasteiger charge is 2.26. The second kappa shape index (κ2) is 8.35. The molecule has 2 rings (SSSR count). The lowest BCUT2D eigenvalue weighted by molar-refractivity contribution is 0.283. The number of anilines is 1. The standard InChI is InChI=1S/C17H27FN2O/c1-2-9-19-13-14-12-15(18)7-8-17(14)20(10-4-11-21)16-5-3-6-16/h7-8,12,16,19,21H,2-6,9-11,13H2,1H3. The number of hydrogen-bond donors (Lipinski definition) is 2. The van der Waals surface area contributed by atoms with Crippen LogP contribution in [0.5, 0.6) is 0 Å². The van der Waals surface area contributed by atoms with Gasteiger partial charge in [-0.25, -0.2) is 4.39 Å². The summed E-state index contributed by atoms with van der Waals surface area (Å²) in [4.78, 5) is 2.36. The highest BCUT2D eigenvalue weighted by atomic mass is 19.1. The maximum Gasteiger partial charge on any atom is 0.123 e. The first-order chi connectivity index (χ1) is 10.3. The van der Waals surface area contributed by atoms with Gasteiger partial charge in [0.05, 0.1) is 0 Å². The van der Waals surface area contributed by atoms with Crippen molar-refractivity contribution >= 4 is 5.69 Å². The molecule has 0 saturated heterocycles. The molecular weight excluding hydrogens is 267 g/mol. The molecule has 21 heavy (non-hydrogen) atoms. The second-order valence-corrected chi connectivity index (χ2v) is 5.81. The summed E-state index contributed by atoms with van der Waals surface area (Å²) in [5, 5.41) is 12.5. The van der Waals surface area contributed by atoms with E-state index in [0.717, 1.165) is 37.2 Å². The largest absolute Gasteiger partial charge is 0.396 e. The number of nitrogens with zero attached hydrogens (tertiary/aromatic N) is 1. The molecule has 1 aromatic rings. The number of benzene rings is 1. The van der Waals surface area contributed by atoms with Gasteiger partial charge in [0.25, 0.3) is 0 Å². The van der Waals surface area contributed by atoms with Gasteiger partial charge in [-0.1, -0.05) is 6.92 Å². The molecule has 0 spiro atoms. The van der Waals surface area contributed by atoms with E-state index in [4.69, 9.17) is 5.11 Å². The molecule has 0 aromatic heterocycles. The van der Waals surface area contributed by atoms with Crippen molar-refractivity contribution in [2.75, 3.05) is 24.6 Å². The van der Waals surface area contributed by atoms with Crippen molar-refractivity contribution in [2.24, 2.45) is 0 Å². The summed E-state index contributed by atoms with van der Waals surface area (Å²) in [5.41, 5.74) is 2.14. The maximum atomic E-state index is 13.6. The van der Waals surface area contributed by atoms with Crippen LogP contribution in [0.15, 0.2) is 18.2 Å². The lowest BCUT2D eigenvalue weighted by Crippen LogP contribution is -2.42. The van der Waals surface area contributed by atoms with Gasteiger partial charge in [0.2, 0.25) is 0 Å². The average molecular weight is 294 g/mol. The predicted molar refractivity (Wildman–Crippen MR) is 85.1 cm³/mol. The minimum atomic E-state index is -0.178. The molecule has 0 atom stereocenters. The van der Waals surface area contributed by atoms with Crippen LogP contribution in [0.25, 0.3) is 0 Å².